The van der Waals surface area contributed by atoms with Gasteiger partial charge in [0, 0.05) is 24.5 Å². The Balaban J connectivity index is 2.12. The summed E-state index contributed by atoms with van der Waals surface area (Å²) in [6.45, 7) is 0.950. The zero-order valence-corrected chi connectivity index (χ0v) is 13.4. The minimum Gasteiger partial charge on any atom is -0.478 e. The highest BCUT2D eigenvalue weighted by atomic mass is 16.4. The van der Waals surface area contributed by atoms with E-state index in [0.717, 1.165) is 35.4 Å². The highest BCUT2D eigenvalue weighted by Gasteiger charge is 2.16. The van der Waals surface area contributed by atoms with Crippen LogP contribution in [-0.2, 0) is 0 Å². The van der Waals surface area contributed by atoms with E-state index in [4.69, 9.17) is 0 Å². The quantitative estimate of drug-likeness (QED) is 0.802. The van der Waals surface area contributed by atoms with Gasteiger partial charge in [0.1, 0.15) is 0 Å². The van der Waals surface area contributed by atoms with Crippen LogP contribution >= 0.6 is 0 Å². The molecule has 0 radical (unpaired) electrons. The molecule has 0 spiro atoms. The predicted octanol–water partition coefficient (Wildman–Crippen LogP) is 3.51. The summed E-state index contributed by atoms with van der Waals surface area (Å²) in [4.78, 5) is 13.5. The van der Waals surface area contributed by atoms with Gasteiger partial charge in [-0.05, 0) is 62.0 Å². The fourth-order valence-corrected chi connectivity index (χ4v) is 2.80. The van der Waals surface area contributed by atoms with Gasteiger partial charge < -0.3 is 14.6 Å². The van der Waals surface area contributed by atoms with E-state index in [0.29, 0.717) is 5.56 Å². The van der Waals surface area contributed by atoms with Gasteiger partial charge in [0.25, 0.3) is 0 Å². The topological polar surface area (TPSA) is 45.5 Å². The molecule has 1 aromatic heterocycles. The van der Waals surface area contributed by atoms with E-state index in [1.54, 1.807) is 12.1 Å². The van der Waals surface area contributed by atoms with Crippen molar-refractivity contribution in [3.63, 3.8) is 0 Å². The molecule has 0 saturated carbocycles. The highest BCUT2D eigenvalue weighted by molar-refractivity contribution is 5.93. The monoisotopic (exact) mass is 308 g/mol. The van der Waals surface area contributed by atoms with Crippen molar-refractivity contribution in [2.45, 2.75) is 6.42 Å². The van der Waals surface area contributed by atoms with Gasteiger partial charge in [-0.25, -0.2) is 4.79 Å². The van der Waals surface area contributed by atoms with E-state index in [9.17, 15) is 9.90 Å². The molecule has 0 aliphatic carbocycles. The van der Waals surface area contributed by atoms with Gasteiger partial charge in [-0.2, -0.15) is 0 Å². The molecular formula is C19H20N2O2. The van der Waals surface area contributed by atoms with Crippen LogP contribution in [0.2, 0.25) is 0 Å². The number of carboxylic acids is 1. The number of hydrogen-bond acceptors (Lipinski definition) is 2. The van der Waals surface area contributed by atoms with Crippen molar-refractivity contribution in [3.8, 4) is 0 Å². The smallest absolute Gasteiger partial charge is 0.335 e. The Hall–Kier alpha value is -2.59. The van der Waals surface area contributed by atoms with Gasteiger partial charge in [-0.15, -0.1) is 0 Å². The lowest BCUT2D eigenvalue weighted by Crippen LogP contribution is -2.12. The van der Waals surface area contributed by atoms with Crippen LogP contribution in [0, 0.1) is 0 Å². The second-order valence-corrected chi connectivity index (χ2v) is 5.93. The second kappa shape index (κ2) is 6.26. The van der Waals surface area contributed by atoms with Crippen LogP contribution in [0.4, 0.5) is 0 Å². The molecule has 23 heavy (non-hydrogen) atoms. The number of carboxylic acid groups (broad SMARTS) is 1. The van der Waals surface area contributed by atoms with Crippen LogP contribution in [0.1, 0.15) is 33.6 Å². The fraction of sp³-hybridized carbons (Fsp3) is 0.211. The van der Waals surface area contributed by atoms with E-state index in [2.05, 4.69) is 21.6 Å². The van der Waals surface area contributed by atoms with Crippen LogP contribution in [-0.4, -0.2) is 41.2 Å². The number of carbonyl (C=O) groups is 1. The van der Waals surface area contributed by atoms with Gasteiger partial charge in [-0.1, -0.05) is 12.1 Å². The molecule has 1 aromatic carbocycles. The molecule has 0 fully saturated rings. The maximum Gasteiger partial charge on any atom is 0.335 e. The maximum absolute atomic E-state index is 11.3. The van der Waals surface area contributed by atoms with Crippen LogP contribution in [0.3, 0.4) is 0 Å². The molecule has 2 heterocycles. The van der Waals surface area contributed by atoms with E-state index < -0.39 is 5.97 Å². The predicted molar refractivity (Wildman–Crippen MR) is 93.3 cm³/mol. The third kappa shape index (κ3) is 3.12. The summed E-state index contributed by atoms with van der Waals surface area (Å²) < 4.78 is 2.07. The molecule has 0 saturated heterocycles. The first-order valence-corrected chi connectivity index (χ1v) is 7.64. The number of aromatic carboxylic acids is 1. The van der Waals surface area contributed by atoms with Crippen molar-refractivity contribution in [2.24, 2.45) is 0 Å². The van der Waals surface area contributed by atoms with Crippen molar-refractivity contribution in [1.29, 1.82) is 0 Å². The third-order valence-electron chi connectivity index (χ3n) is 3.98. The minimum absolute atomic E-state index is 0.315. The number of aromatic nitrogens is 1. The van der Waals surface area contributed by atoms with Crippen molar-refractivity contribution in [2.75, 3.05) is 20.6 Å². The molecule has 0 atom stereocenters. The molecule has 0 amide bonds. The molecule has 0 bridgehead atoms. The average Bonchev–Trinajstić information content (AvgIpc) is 2.92. The Morgan fingerprint density at radius 1 is 1.30 bits per heavy atom. The summed E-state index contributed by atoms with van der Waals surface area (Å²) in [5.41, 5.74) is 4.49. The van der Waals surface area contributed by atoms with Crippen LogP contribution in [0.5, 0.6) is 0 Å². The molecule has 3 rings (SSSR count). The number of fused-ring (bicyclic) bond motifs is 2. The van der Waals surface area contributed by atoms with E-state index in [1.807, 2.05) is 44.7 Å². The standard InChI is InChI=1S/C19H20N2O2/c1-20(2)10-3-5-16-17-13-15(19(22)23)8-7-14(17)9-12-21-11-4-6-18(16)21/h4-9,11-13H,3,10H2,1-2H3,(H,22,23). The first-order chi connectivity index (χ1) is 11.1. The van der Waals surface area contributed by atoms with Crippen molar-refractivity contribution in [1.82, 2.24) is 9.47 Å². The lowest BCUT2D eigenvalue weighted by atomic mass is 9.95. The summed E-state index contributed by atoms with van der Waals surface area (Å²) in [5, 5.41) is 9.30. The molecule has 4 heteroatoms. The molecule has 1 N–H and O–H groups in total. The Morgan fingerprint density at radius 3 is 2.87 bits per heavy atom. The molecule has 1 aliphatic heterocycles. The van der Waals surface area contributed by atoms with Gasteiger partial charge in [0.2, 0.25) is 0 Å². The Morgan fingerprint density at radius 2 is 2.13 bits per heavy atom. The fourth-order valence-electron chi connectivity index (χ4n) is 2.80. The first-order valence-electron chi connectivity index (χ1n) is 7.64. The van der Waals surface area contributed by atoms with Crippen molar-refractivity contribution >= 4 is 23.8 Å². The molecule has 118 valence electrons. The zero-order chi connectivity index (χ0) is 16.4. The van der Waals surface area contributed by atoms with E-state index >= 15 is 0 Å². The normalized spacial score (nSPS) is 14.7. The summed E-state index contributed by atoms with van der Waals surface area (Å²) in [7, 11) is 4.10. The van der Waals surface area contributed by atoms with E-state index in [-0.39, 0.29) is 0 Å². The van der Waals surface area contributed by atoms with Gasteiger partial charge >= 0.3 is 5.97 Å². The number of hydrogen-bond donors (Lipinski definition) is 1. The average molecular weight is 308 g/mol. The maximum atomic E-state index is 11.3. The molecule has 2 aromatic rings. The second-order valence-electron chi connectivity index (χ2n) is 5.93. The molecule has 4 nitrogen and oxygen atoms in total. The largest absolute Gasteiger partial charge is 0.478 e. The Labute approximate surface area is 136 Å². The van der Waals surface area contributed by atoms with E-state index in [1.165, 1.54) is 0 Å². The number of rotatable bonds is 4. The van der Waals surface area contributed by atoms with Crippen molar-refractivity contribution in [3.05, 3.63) is 65.0 Å². The molecule has 0 unspecified atom stereocenters. The summed E-state index contributed by atoms with van der Waals surface area (Å²) in [6, 6.07) is 9.37. The summed E-state index contributed by atoms with van der Waals surface area (Å²) in [6.07, 6.45) is 9.15. The number of benzene rings is 1. The highest BCUT2D eigenvalue weighted by Crippen LogP contribution is 2.32. The number of nitrogens with zero attached hydrogens (tertiary/aromatic N) is 2. The molecule has 1 aliphatic rings. The third-order valence-corrected chi connectivity index (χ3v) is 3.98. The van der Waals surface area contributed by atoms with Crippen LogP contribution in [0.25, 0.3) is 17.8 Å². The zero-order valence-electron chi connectivity index (χ0n) is 13.4. The van der Waals surface area contributed by atoms with Crippen LogP contribution < -0.4 is 0 Å². The SMILES string of the molecule is CN(C)CCC=C1c2cc(C(=O)O)ccc2C=Cn2cccc21. The lowest BCUT2D eigenvalue weighted by molar-refractivity contribution is 0.0697. The summed E-state index contributed by atoms with van der Waals surface area (Å²) in [5.74, 6) is -0.899. The van der Waals surface area contributed by atoms with Crippen molar-refractivity contribution < 1.29 is 9.90 Å². The minimum atomic E-state index is -0.899. The van der Waals surface area contributed by atoms with Gasteiger partial charge in [0.15, 0.2) is 0 Å². The first kappa shape index (κ1) is 15.3. The Kier molecular flexibility index (Phi) is 4.17. The summed E-state index contributed by atoms with van der Waals surface area (Å²) >= 11 is 0. The lowest BCUT2D eigenvalue weighted by Gasteiger charge is -2.13. The molecular weight excluding hydrogens is 288 g/mol. The Bertz CT molecular complexity index is 797. The van der Waals surface area contributed by atoms with Crippen LogP contribution in [0.15, 0.2) is 42.6 Å². The van der Waals surface area contributed by atoms with Gasteiger partial charge in [-0.3, -0.25) is 0 Å². The van der Waals surface area contributed by atoms with Gasteiger partial charge in [0.05, 0.1) is 11.3 Å².